The van der Waals surface area contributed by atoms with Crippen LogP contribution in [0.25, 0.3) is 0 Å². The second kappa shape index (κ2) is 11.1. The maximum Gasteiger partial charge on any atom is 0.334 e. The van der Waals surface area contributed by atoms with Gasteiger partial charge in [0.15, 0.2) is 0 Å². The molecule has 0 bridgehead atoms. The van der Waals surface area contributed by atoms with Crippen LogP contribution in [-0.2, 0) is 16.1 Å². The number of hydrazine groups is 1. The van der Waals surface area contributed by atoms with Crippen molar-refractivity contribution in [3.8, 4) is 0 Å². The van der Waals surface area contributed by atoms with Gasteiger partial charge in [-0.15, -0.1) is 0 Å². The van der Waals surface area contributed by atoms with Gasteiger partial charge in [-0.3, -0.25) is 9.59 Å². The number of carbonyl (C=O) groups excluding carboxylic acids is 3. The number of benzene rings is 2. The number of hydrogen-bond acceptors (Lipinski definition) is 4. The Labute approximate surface area is 213 Å². The zero-order valence-electron chi connectivity index (χ0n) is 21.6. The number of urea groups is 1. The Morgan fingerprint density at radius 2 is 1.64 bits per heavy atom. The van der Waals surface area contributed by atoms with E-state index in [1.165, 1.54) is 0 Å². The van der Waals surface area contributed by atoms with Gasteiger partial charge in [0.25, 0.3) is 0 Å². The molecule has 0 saturated carbocycles. The van der Waals surface area contributed by atoms with Crippen molar-refractivity contribution >= 4 is 17.8 Å². The second-order valence-electron chi connectivity index (χ2n) is 10.3. The van der Waals surface area contributed by atoms with Crippen molar-refractivity contribution in [3.05, 3.63) is 71.8 Å². The lowest BCUT2D eigenvalue weighted by Crippen LogP contribution is -2.76. The fourth-order valence-electron chi connectivity index (χ4n) is 5.22. The Bertz CT molecular complexity index is 1060. The summed E-state index contributed by atoms with van der Waals surface area (Å²) in [5, 5.41) is 6.29. The maximum atomic E-state index is 13.7. The average molecular weight is 492 g/mol. The number of piperazine rings is 1. The van der Waals surface area contributed by atoms with E-state index in [2.05, 4.69) is 38.2 Å². The topological polar surface area (TPSA) is 76.2 Å². The molecule has 0 spiro atoms. The summed E-state index contributed by atoms with van der Waals surface area (Å²) in [6.07, 6.45) is -0.00281. The number of carbonyl (C=O) groups is 3. The van der Waals surface area contributed by atoms with Gasteiger partial charge < -0.3 is 15.1 Å². The maximum absolute atomic E-state index is 13.7. The van der Waals surface area contributed by atoms with Crippen LogP contribution in [-0.4, -0.2) is 76.6 Å². The van der Waals surface area contributed by atoms with Crippen molar-refractivity contribution in [2.45, 2.75) is 51.9 Å². The summed E-state index contributed by atoms with van der Waals surface area (Å²) in [5.41, 5.74) is 2.15. The van der Waals surface area contributed by atoms with Crippen molar-refractivity contribution in [1.82, 2.24) is 25.1 Å². The highest BCUT2D eigenvalue weighted by Gasteiger charge is 2.50. The van der Waals surface area contributed by atoms with E-state index in [0.717, 1.165) is 11.1 Å². The van der Waals surface area contributed by atoms with Crippen molar-refractivity contribution < 1.29 is 14.4 Å². The summed E-state index contributed by atoms with van der Waals surface area (Å²) >= 11 is 0. The van der Waals surface area contributed by atoms with E-state index in [1.54, 1.807) is 22.0 Å². The van der Waals surface area contributed by atoms with Crippen LogP contribution in [0.15, 0.2) is 60.7 Å². The van der Waals surface area contributed by atoms with Gasteiger partial charge >= 0.3 is 6.03 Å². The highest BCUT2D eigenvalue weighted by Crippen LogP contribution is 2.30. The van der Waals surface area contributed by atoms with Crippen LogP contribution in [0.4, 0.5) is 4.79 Å². The number of amides is 4. The summed E-state index contributed by atoms with van der Waals surface area (Å²) in [7, 11) is 1.75. The highest BCUT2D eigenvalue weighted by molar-refractivity contribution is 5.91. The molecular weight excluding hydrogens is 454 g/mol. The van der Waals surface area contributed by atoms with Gasteiger partial charge in [0.2, 0.25) is 11.8 Å². The Kier molecular flexibility index (Phi) is 7.94. The lowest BCUT2D eigenvalue weighted by atomic mass is 9.95. The third kappa shape index (κ3) is 5.54. The molecular formula is C28H37N5O3. The van der Waals surface area contributed by atoms with Gasteiger partial charge in [0.05, 0.1) is 13.1 Å². The SMILES string of the molecule is CC(C)C[C@H]1C(=O)N(CC(C)c2ccccc2)C[C@H]2N1C(=O)CN(C)N2C(=O)NCc1ccccc1. The first kappa shape index (κ1) is 25.7. The van der Waals surface area contributed by atoms with Gasteiger partial charge in [-0.2, -0.15) is 0 Å². The van der Waals surface area contributed by atoms with Gasteiger partial charge in [0, 0.05) is 20.1 Å². The third-order valence-electron chi connectivity index (χ3n) is 6.99. The van der Waals surface area contributed by atoms with E-state index in [-0.39, 0.29) is 42.8 Å². The molecule has 2 aliphatic heterocycles. The van der Waals surface area contributed by atoms with Crippen LogP contribution < -0.4 is 5.32 Å². The average Bonchev–Trinajstić information content (AvgIpc) is 2.86. The van der Waals surface area contributed by atoms with E-state index in [9.17, 15) is 14.4 Å². The fourth-order valence-corrected chi connectivity index (χ4v) is 5.22. The van der Waals surface area contributed by atoms with Crippen LogP contribution in [0.2, 0.25) is 0 Å². The van der Waals surface area contributed by atoms with E-state index < -0.39 is 12.2 Å². The van der Waals surface area contributed by atoms with Crippen molar-refractivity contribution in [1.29, 1.82) is 0 Å². The zero-order valence-corrected chi connectivity index (χ0v) is 21.6. The van der Waals surface area contributed by atoms with Gasteiger partial charge in [0.1, 0.15) is 12.2 Å². The molecule has 2 saturated heterocycles. The molecule has 0 aliphatic carbocycles. The van der Waals surface area contributed by atoms with Crippen LogP contribution in [0, 0.1) is 5.92 Å². The third-order valence-corrected chi connectivity index (χ3v) is 6.99. The normalized spacial score (nSPS) is 21.5. The molecule has 0 radical (unpaired) electrons. The first-order valence-corrected chi connectivity index (χ1v) is 12.7. The predicted molar refractivity (Wildman–Crippen MR) is 138 cm³/mol. The Morgan fingerprint density at radius 1 is 1.00 bits per heavy atom. The Balaban J connectivity index is 1.59. The molecule has 2 aromatic rings. The number of nitrogens with one attached hydrogen (secondary N) is 1. The van der Waals surface area contributed by atoms with E-state index in [0.29, 0.717) is 19.5 Å². The van der Waals surface area contributed by atoms with Crippen molar-refractivity contribution in [2.75, 3.05) is 26.7 Å². The lowest BCUT2D eigenvalue weighted by Gasteiger charge is -2.55. The Morgan fingerprint density at radius 3 is 2.28 bits per heavy atom. The standard InChI is InChI=1S/C28H37N5O3/c1-20(2)15-24-27(35)31(17-21(3)23-13-9-6-10-14-23)18-25-32(24)26(34)19-30(4)33(25)28(36)29-16-22-11-7-5-8-12-22/h5-14,20-21,24-25H,15-19H2,1-4H3,(H,29,36)/t21?,24-,25-/m0/s1. The molecule has 4 amide bonds. The largest absolute Gasteiger partial charge is 0.336 e. The van der Waals surface area contributed by atoms with Gasteiger partial charge in [-0.05, 0) is 29.4 Å². The molecule has 36 heavy (non-hydrogen) atoms. The number of nitrogens with zero attached hydrogens (tertiary/aromatic N) is 4. The van der Waals surface area contributed by atoms with Crippen LogP contribution >= 0.6 is 0 Å². The molecule has 2 heterocycles. The molecule has 8 nitrogen and oxygen atoms in total. The summed E-state index contributed by atoms with van der Waals surface area (Å²) in [6.45, 7) is 7.45. The number of fused-ring (bicyclic) bond motifs is 1. The molecule has 3 atom stereocenters. The molecule has 0 aromatic heterocycles. The van der Waals surface area contributed by atoms with Gasteiger partial charge in [-0.1, -0.05) is 81.4 Å². The van der Waals surface area contributed by atoms with Crippen molar-refractivity contribution in [2.24, 2.45) is 5.92 Å². The summed E-state index contributed by atoms with van der Waals surface area (Å²) < 4.78 is 0. The minimum Gasteiger partial charge on any atom is -0.336 e. The second-order valence-corrected chi connectivity index (χ2v) is 10.3. The summed E-state index contributed by atoms with van der Waals surface area (Å²) in [4.78, 5) is 43.9. The molecule has 1 unspecified atom stereocenters. The number of rotatable bonds is 7. The molecule has 2 aliphatic rings. The molecule has 8 heteroatoms. The van der Waals surface area contributed by atoms with Crippen LogP contribution in [0.5, 0.6) is 0 Å². The summed E-state index contributed by atoms with van der Waals surface area (Å²) in [6, 6.07) is 19.0. The van der Waals surface area contributed by atoms with E-state index in [1.807, 2.05) is 53.4 Å². The monoisotopic (exact) mass is 491 g/mol. The highest BCUT2D eigenvalue weighted by atomic mass is 16.2. The molecule has 1 N–H and O–H groups in total. The smallest absolute Gasteiger partial charge is 0.334 e. The number of hydrogen-bond donors (Lipinski definition) is 1. The van der Waals surface area contributed by atoms with Crippen LogP contribution in [0.3, 0.4) is 0 Å². The molecule has 2 fully saturated rings. The predicted octanol–water partition coefficient (Wildman–Crippen LogP) is 3.27. The summed E-state index contributed by atoms with van der Waals surface area (Å²) in [5.74, 6) is 0.187. The first-order chi connectivity index (χ1) is 17.3. The quantitative estimate of drug-likeness (QED) is 0.645. The Hall–Kier alpha value is -3.39. The van der Waals surface area contributed by atoms with Gasteiger partial charge in [-0.25, -0.2) is 14.8 Å². The van der Waals surface area contributed by atoms with E-state index in [4.69, 9.17) is 0 Å². The fraction of sp³-hybridized carbons (Fsp3) is 0.464. The van der Waals surface area contributed by atoms with E-state index >= 15 is 0 Å². The minimum atomic E-state index is -0.586. The van der Waals surface area contributed by atoms with Crippen LogP contribution in [0.1, 0.15) is 44.2 Å². The molecule has 2 aromatic carbocycles. The minimum absolute atomic E-state index is 0.0368. The zero-order chi connectivity index (χ0) is 25.8. The van der Waals surface area contributed by atoms with Crippen molar-refractivity contribution in [3.63, 3.8) is 0 Å². The first-order valence-electron chi connectivity index (χ1n) is 12.7. The lowest BCUT2D eigenvalue weighted by molar-refractivity contribution is -0.188. The molecule has 192 valence electrons. The number of likely N-dealkylation sites (N-methyl/N-ethyl adjacent to an activating group) is 1. The molecule has 4 rings (SSSR count).